The van der Waals surface area contributed by atoms with Crippen LogP contribution in [0.2, 0.25) is 0 Å². The molecule has 0 atom stereocenters. The second-order valence-corrected chi connectivity index (χ2v) is 11.2. The molecule has 0 fully saturated rings. The lowest BCUT2D eigenvalue weighted by Gasteiger charge is -2.24. The fraction of sp³-hybridized carbons (Fsp3) is 0.0357. The summed E-state index contributed by atoms with van der Waals surface area (Å²) in [5.74, 6) is 0.832. The van der Waals surface area contributed by atoms with Gasteiger partial charge in [-0.3, -0.25) is 0 Å². The minimum Gasteiger partial charge on any atom is -0.456 e. The third-order valence-corrected chi connectivity index (χ3v) is 9.86. The molecule has 1 heterocycles. The van der Waals surface area contributed by atoms with Crippen LogP contribution in [0.5, 0.6) is 0 Å². The summed E-state index contributed by atoms with van der Waals surface area (Å²) in [6.07, 6.45) is 0. The van der Waals surface area contributed by atoms with Crippen molar-refractivity contribution in [3.63, 3.8) is 0 Å². The summed E-state index contributed by atoms with van der Waals surface area (Å²) >= 11 is 0. The molecule has 0 aliphatic heterocycles. The van der Waals surface area contributed by atoms with Gasteiger partial charge in [-0.25, -0.2) is 0 Å². The van der Waals surface area contributed by atoms with Crippen molar-refractivity contribution in [2.45, 2.75) is 0 Å². The van der Waals surface area contributed by atoms with Gasteiger partial charge in [-0.2, -0.15) is 5.26 Å². The summed E-state index contributed by atoms with van der Waals surface area (Å²) in [6, 6.07) is 39.9. The van der Waals surface area contributed by atoms with Crippen LogP contribution in [-0.4, -0.2) is 6.66 Å². The van der Waals surface area contributed by atoms with E-state index in [0.717, 1.165) is 22.3 Å². The lowest BCUT2D eigenvalue weighted by Crippen LogP contribution is -2.31. The summed E-state index contributed by atoms with van der Waals surface area (Å²) in [7, 11) is -1.90. The molecule has 0 bridgehead atoms. The highest BCUT2D eigenvalue weighted by atomic mass is 31.2. The predicted molar refractivity (Wildman–Crippen MR) is 131 cm³/mol. The Kier molecular flexibility index (Phi) is 4.91. The number of rotatable bonds is 4. The van der Waals surface area contributed by atoms with Gasteiger partial charge < -0.3 is 4.42 Å². The first-order valence-electron chi connectivity index (χ1n) is 10.2. The minimum atomic E-state index is -1.90. The molecule has 148 valence electrons. The molecule has 0 saturated carbocycles. The van der Waals surface area contributed by atoms with Crippen LogP contribution >= 0.6 is 7.26 Å². The van der Waals surface area contributed by atoms with Crippen LogP contribution in [0.3, 0.4) is 0 Å². The van der Waals surface area contributed by atoms with Crippen molar-refractivity contribution in [2.24, 2.45) is 0 Å². The molecule has 0 saturated heterocycles. The van der Waals surface area contributed by atoms with Crippen molar-refractivity contribution in [3.8, 4) is 17.4 Å². The number of hydrogen-bond acceptors (Lipinski definition) is 2. The standard InChI is InChI=1S/C28H21NOP/c1-31(23-10-4-2-5-11-23,24-12-6-3-7-13-24)28-15-9-8-14-25(28)27-19-22-17-16-21(20-29)18-26(22)30-27/h2-19H,1H3/q+1. The average molecular weight is 418 g/mol. The largest absolute Gasteiger partial charge is 0.456 e. The Morgan fingerprint density at radius 2 is 1.32 bits per heavy atom. The maximum Gasteiger partial charge on any atom is 0.139 e. The summed E-state index contributed by atoms with van der Waals surface area (Å²) in [5.41, 5.74) is 2.44. The number of hydrogen-bond donors (Lipinski definition) is 0. The van der Waals surface area contributed by atoms with Crippen LogP contribution in [0.1, 0.15) is 5.56 Å². The maximum atomic E-state index is 9.24. The lowest BCUT2D eigenvalue weighted by atomic mass is 10.1. The average Bonchev–Trinajstić information content (AvgIpc) is 3.28. The first-order chi connectivity index (χ1) is 15.2. The lowest BCUT2D eigenvalue weighted by molar-refractivity contribution is 0.632. The molecule has 0 aliphatic carbocycles. The molecule has 4 aromatic carbocycles. The Morgan fingerprint density at radius 3 is 1.97 bits per heavy atom. The Balaban J connectivity index is 1.76. The van der Waals surface area contributed by atoms with Gasteiger partial charge in [-0.1, -0.05) is 48.5 Å². The van der Waals surface area contributed by atoms with E-state index in [1.54, 1.807) is 0 Å². The highest BCUT2D eigenvalue weighted by Gasteiger charge is 2.42. The highest BCUT2D eigenvalue weighted by molar-refractivity contribution is 7.95. The van der Waals surface area contributed by atoms with Crippen LogP contribution < -0.4 is 15.9 Å². The van der Waals surface area contributed by atoms with Crippen LogP contribution in [0, 0.1) is 11.3 Å². The van der Waals surface area contributed by atoms with Crippen LogP contribution in [-0.2, 0) is 0 Å². The van der Waals surface area contributed by atoms with Gasteiger partial charge in [-0.15, -0.1) is 0 Å². The monoisotopic (exact) mass is 418 g/mol. The summed E-state index contributed by atoms with van der Waals surface area (Å²) in [6.45, 7) is 2.38. The Morgan fingerprint density at radius 1 is 0.710 bits per heavy atom. The zero-order valence-corrected chi connectivity index (χ0v) is 18.1. The molecule has 0 radical (unpaired) electrons. The number of nitriles is 1. The van der Waals surface area contributed by atoms with Crippen molar-refractivity contribution >= 4 is 34.1 Å². The topological polar surface area (TPSA) is 36.9 Å². The second kappa shape index (κ2) is 7.88. The van der Waals surface area contributed by atoms with E-state index in [1.165, 1.54) is 15.9 Å². The van der Waals surface area contributed by atoms with E-state index in [0.29, 0.717) is 5.56 Å². The molecule has 31 heavy (non-hydrogen) atoms. The van der Waals surface area contributed by atoms with Gasteiger partial charge in [0, 0.05) is 5.39 Å². The molecular weight excluding hydrogens is 397 g/mol. The van der Waals surface area contributed by atoms with Gasteiger partial charge in [-0.05, 0) is 60.7 Å². The van der Waals surface area contributed by atoms with E-state index < -0.39 is 7.26 Å². The predicted octanol–water partition coefficient (Wildman–Crippen LogP) is 5.90. The van der Waals surface area contributed by atoms with Crippen molar-refractivity contribution < 1.29 is 4.42 Å². The quantitative estimate of drug-likeness (QED) is 0.341. The van der Waals surface area contributed by atoms with Gasteiger partial charge in [0.2, 0.25) is 0 Å². The maximum absolute atomic E-state index is 9.24. The van der Waals surface area contributed by atoms with Crippen molar-refractivity contribution in [3.05, 3.63) is 115 Å². The highest BCUT2D eigenvalue weighted by Crippen LogP contribution is 2.53. The number of fused-ring (bicyclic) bond motifs is 1. The van der Waals surface area contributed by atoms with Crippen molar-refractivity contribution in [2.75, 3.05) is 6.66 Å². The Bertz CT molecular complexity index is 1360. The molecule has 5 rings (SSSR count). The second-order valence-electron chi connectivity index (χ2n) is 7.67. The van der Waals surface area contributed by atoms with Gasteiger partial charge in [0.1, 0.15) is 34.5 Å². The minimum absolute atomic E-state index is 0.604. The SMILES string of the molecule is C[P+](c1ccccc1)(c1ccccc1)c1ccccc1-c1cc2ccc(C#N)cc2o1. The fourth-order valence-electron chi connectivity index (χ4n) is 4.18. The number of nitrogens with zero attached hydrogens (tertiary/aromatic N) is 1. The van der Waals surface area contributed by atoms with Gasteiger partial charge >= 0.3 is 0 Å². The molecule has 0 spiro atoms. The molecule has 0 aliphatic rings. The van der Waals surface area contributed by atoms with E-state index in [4.69, 9.17) is 4.42 Å². The summed E-state index contributed by atoms with van der Waals surface area (Å²) in [5, 5.41) is 14.2. The Hall–Kier alpha value is -3.66. The van der Waals surface area contributed by atoms with E-state index >= 15 is 0 Å². The first-order valence-corrected chi connectivity index (χ1v) is 12.5. The fourth-order valence-corrected chi connectivity index (χ4v) is 7.63. The van der Waals surface area contributed by atoms with Gasteiger partial charge in [0.25, 0.3) is 0 Å². The number of furan rings is 1. The zero-order chi connectivity index (χ0) is 21.3. The molecular formula is C28H21NOP+. The normalized spacial score (nSPS) is 11.4. The molecule has 5 aromatic rings. The first kappa shape index (κ1) is 19.3. The van der Waals surface area contributed by atoms with E-state index in [2.05, 4.69) is 104 Å². The molecule has 0 unspecified atom stereocenters. The van der Waals surface area contributed by atoms with E-state index in [-0.39, 0.29) is 0 Å². The van der Waals surface area contributed by atoms with Crippen LogP contribution in [0.4, 0.5) is 0 Å². The molecule has 0 amide bonds. The van der Waals surface area contributed by atoms with Crippen molar-refractivity contribution in [1.82, 2.24) is 0 Å². The molecule has 0 N–H and O–H groups in total. The Labute approximate surface area is 182 Å². The summed E-state index contributed by atoms with van der Waals surface area (Å²) < 4.78 is 6.27. The van der Waals surface area contributed by atoms with Gasteiger partial charge in [0.15, 0.2) is 0 Å². The smallest absolute Gasteiger partial charge is 0.139 e. The zero-order valence-electron chi connectivity index (χ0n) is 17.2. The van der Waals surface area contributed by atoms with Gasteiger partial charge in [0.05, 0.1) is 23.9 Å². The third-order valence-electron chi connectivity index (χ3n) is 5.85. The van der Waals surface area contributed by atoms with E-state index in [9.17, 15) is 5.26 Å². The third kappa shape index (κ3) is 3.34. The van der Waals surface area contributed by atoms with E-state index in [1.807, 2.05) is 18.2 Å². The number of benzene rings is 4. The van der Waals surface area contributed by atoms with Crippen LogP contribution in [0.15, 0.2) is 114 Å². The molecule has 1 aromatic heterocycles. The summed E-state index contributed by atoms with van der Waals surface area (Å²) in [4.78, 5) is 0. The molecule has 2 nitrogen and oxygen atoms in total. The van der Waals surface area contributed by atoms with Crippen molar-refractivity contribution in [1.29, 1.82) is 5.26 Å². The van der Waals surface area contributed by atoms with Crippen LogP contribution in [0.25, 0.3) is 22.3 Å². The molecule has 3 heteroatoms.